The molecular formula is C16H12BrN3OS. The van der Waals surface area contributed by atoms with E-state index in [1.807, 2.05) is 35.7 Å². The van der Waals surface area contributed by atoms with Gasteiger partial charge in [-0.1, -0.05) is 30.3 Å². The maximum Gasteiger partial charge on any atom is 0.203 e. The van der Waals surface area contributed by atoms with Crippen LogP contribution in [0.4, 0.5) is 5.13 Å². The lowest BCUT2D eigenvalue weighted by Gasteiger charge is -1.99. The van der Waals surface area contributed by atoms with Gasteiger partial charge in [-0.2, -0.15) is 5.10 Å². The van der Waals surface area contributed by atoms with Crippen molar-refractivity contribution in [2.45, 2.75) is 0 Å². The van der Waals surface area contributed by atoms with Gasteiger partial charge in [0.1, 0.15) is 5.75 Å². The van der Waals surface area contributed by atoms with Crippen LogP contribution in [0.1, 0.15) is 5.56 Å². The SMILES string of the molecule is Oc1ccc(C=NNc2nc(-c3ccccc3)cs2)c(Br)c1. The molecule has 0 radical (unpaired) electrons. The lowest BCUT2D eigenvalue weighted by Crippen LogP contribution is -1.91. The average molecular weight is 374 g/mol. The third-order valence-corrected chi connectivity index (χ3v) is 4.36. The summed E-state index contributed by atoms with van der Waals surface area (Å²) in [6.45, 7) is 0. The number of phenols is 1. The number of hydrogen-bond donors (Lipinski definition) is 2. The molecule has 0 spiro atoms. The van der Waals surface area contributed by atoms with Crippen LogP contribution in [0.15, 0.2) is 63.5 Å². The van der Waals surface area contributed by atoms with Crippen LogP contribution in [0.5, 0.6) is 5.75 Å². The largest absolute Gasteiger partial charge is 0.508 e. The number of halogens is 1. The zero-order valence-electron chi connectivity index (χ0n) is 11.4. The van der Waals surface area contributed by atoms with Gasteiger partial charge in [0.25, 0.3) is 0 Å². The highest BCUT2D eigenvalue weighted by Crippen LogP contribution is 2.25. The molecule has 0 bridgehead atoms. The Bertz CT molecular complexity index is 802. The van der Waals surface area contributed by atoms with Gasteiger partial charge in [-0.15, -0.1) is 11.3 Å². The minimum absolute atomic E-state index is 0.212. The number of aromatic nitrogens is 1. The van der Waals surface area contributed by atoms with Crippen molar-refractivity contribution in [3.8, 4) is 17.0 Å². The molecule has 3 rings (SSSR count). The molecule has 0 aliphatic carbocycles. The number of hydrazone groups is 1. The van der Waals surface area contributed by atoms with E-state index in [0.717, 1.165) is 26.4 Å². The highest BCUT2D eigenvalue weighted by atomic mass is 79.9. The molecule has 0 saturated heterocycles. The summed E-state index contributed by atoms with van der Waals surface area (Å²) < 4.78 is 0.780. The van der Waals surface area contributed by atoms with Gasteiger partial charge in [-0.3, -0.25) is 5.43 Å². The number of rotatable bonds is 4. The second kappa shape index (κ2) is 6.72. The molecule has 1 aromatic heterocycles. The van der Waals surface area contributed by atoms with Gasteiger partial charge in [0, 0.05) is 21.0 Å². The van der Waals surface area contributed by atoms with Crippen molar-refractivity contribution in [2.75, 3.05) is 5.43 Å². The lowest BCUT2D eigenvalue weighted by molar-refractivity contribution is 0.475. The van der Waals surface area contributed by atoms with Crippen molar-refractivity contribution in [3.05, 3.63) is 63.9 Å². The molecule has 0 amide bonds. The molecule has 3 aromatic rings. The Morgan fingerprint density at radius 1 is 1.18 bits per heavy atom. The normalized spacial score (nSPS) is 11.0. The lowest BCUT2D eigenvalue weighted by atomic mass is 10.2. The predicted molar refractivity (Wildman–Crippen MR) is 94.6 cm³/mol. The Hall–Kier alpha value is -2.18. The van der Waals surface area contributed by atoms with Crippen LogP contribution in [0, 0.1) is 0 Å². The number of nitrogens with zero attached hydrogens (tertiary/aromatic N) is 2. The summed E-state index contributed by atoms with van der Waals surface area (Å²) in [7, 11) is 0. The highest BCUT2D eigenvalue weighted by Gasteiger charge is 2.03. The van der Waals surface area contributed by atoms with Crippen LogP contribution in [0.2, 0.25) is 0 Å². The minimum atomic E-state index is 0.212. The van der Waals surface area contributed by atoms with E-state index in [-0.39, 0.29) is 5.75 Å². The molecule has 0 saturated carbocycles. The Balaban J connectivity index is 1.69. The fraction of sp³-hybridized carbons (Fsp3) is 0. The standard InChI is InChI=1S/C16H12BrN3OS/c17-14-8-13(21)7-6-12(14)9-18-20-16-19-15(10-22-16)11-4-2-1-3-5-11/h1-10,21H,(H,19,20). The minimum Gasteiger partial charge on any atom is -0.508 e. The average Bonchev–Trinajstić information content (AvgIpc) is 2.99. The molecule has 2 N–H and O–H groups in total. The Labute approximate surface area is 140 Å². The number of phenolic OH excluding ortho intramolecular Hbond substituents is 1. The summed E-state index contributed by atoms with van der Waals surface area (Å²) in [4.78, 5) is 4.49. The molecule has 110 valence electrons. The number of benzene rings is 2. The van der Waals surface area contributed by atoms with E-state index in [1.54, 1.807) is 24.4 Å². The number of anilines is 1. The van der Waals surface area contributed by atoms with Gasteiger partial charge < -0.3 is 5.11 Å². The summed E-state index contributed by atoms with van der Waals surface area (Å²) >= 11 is 4.87. The van der Waals surface area contributed by atoms with E-state index >= 15 is 0 Å². The number of nitrogens with one attached hydrogen (secondary N) is 1. The second-order valence-electron chi connectivity index (χ2n) is 4.48. The predicted octanol–water partition coefficient (Wildman–Crippen LogP) is 4.72. The maximum atomic E-state index is 9.35. The van der Waals surface area contributed by atoms with Crippen LogP contribution in [-0.2, 0) is 0 Å². The summed E-state index contributed by atoms with van der Waals surface area (Å²) in [5, 5.41) is 16.2. The highest BCUT2D eigenvalue weighted by molar-refractivity contribution is 9.10. The molecule has 0 aliphatic rings. The van der Waals surface area contributed by atoms with Gasteiger partial charge in [0.15, 0.2) is 0 Å². The first-order chi connectivity index (χ1) is 10.7. The van der Waals surface area contributed by atoms with Gasteiger partial charge in [-0.05, 0) is 34.1 Å². The molecule has 22 heavy (non-hydrogen) atoms. The maximum absolute atomic E-state index is 9.35. The van der Waals surface area contributed by atoms with Crippen molar-refractivity contribution in [2.24, 2.45) is 5.10 Å². The molecule has 1 heterocycles. The van der Waals surface area contributed by atoms with E-state index in [9.17, 15) is 5.11 Å². The van der Waals surface area contributed by atoms with Crippen molar-refractivity contribution < 1.29 is 5.11 Å². The van der Waals surface area contributed by atoms with Crippen LogP contribution in [-0.4, -0.2) is 16.3 Å². The van der Waals surface area contributed by atoms with Gasteiger partial charge in [0.2, 0.25) is 5.13 Å². The first kappa shape index (κ1) is 14.7. The molecular weight excluding hydrogens is 362 g/mol. The fourth-order valence-electron chi connectivity index (χ4n) is 1.84. The third kappa shape index (κ3) is 3.52. The molecule has 2 aromatic carbocycles. The molecule has 4 nitrogen and oxygen atoms in total. The van der Waals surface area contributed by atoms with Crippen LogP contribution < -0.4 is 5.43 Å². The number of hydrogen-bond acceptors (Lipinski definition) is 5. The number of thiazole rings is 1. The van der Waals surface area contributed by atoms with Crippen molar-refractivity contribution in [1.29, 1.82) is 0 Å². The number of aromatic hydroxyl groups is 1. The molecule has 0 aliphatic heterocycles. The Kier molecular flexibility index (Phi) is 4.50. The molecule has 0 atom stereocenters. The monoisotopic (exact) mass is 373 g/mol. The van der Waals surface area contributed by atoms with Crippen LogP contribution in [0.25, 0.3) is 11.3 Å². The van der Waals surface area contributed by atoms with Crippen molar-refractivity contribution in [1.82, 2.24) is 4.98 Å². The zero-order valence-corrected chi connectivity index (χ0v) is 13.8. The van der Waals surface area contributed by atoms with E-state index < -0.39 is 0 Å². The van der Waals surface area contributed by atoms with Gasteiger partial charge in [0.05, 0.1) is 11.9 Å². The summed E-state index contributed by atoms with van der Waals surface area (Å²) in [5.41, 5.74) is 5.79. The van der Waals surface area contributed by atoms with Crippen LogP contribution >= 0.6 is 27.3 Å². The van der Waals surface area contributed by atoms with E-state index in [2.05, 4.69) is 31.4 Å². The first-order valence-electron chi connectivity index (χ1n) is 6.51. The van der Waals surface area contributed by atoms with Crippen molar-refractivity contribution >= 4 is 38.6 Å². The zero-order chi connectivity index (χ0) is 15.4. The van der Waals surface area contributed by atoms with E-state index in [4.69, 9.17) is 0 Å². The van der Waals surface area contributed by atoms with Crippen LogP contribution in [0.3, 0.4) is 0 Å². The van der Waals surface area contributed by atoms with E-state index in [0.29, 0.717) is 0 Å². The van der Waals surface area contributed by atoms with Gasteiger partial charge in [-0.25, -0.2) is 4.98 Å². The molecule has 0 fully saturated rings. The molecule has 6 heteroatoms. The quantitative estimate of drug-likeness (QED) is 0.513. The summed E-state index contributed by atoms with van der Waals surface area (Å²) in [6, 6.07) is 15.0. The van der Waals surface area contributed by atoms with Gasteiger partial charge >= 0.3 is 0 Å². The van der Waals surface area contributed by atoms with E-state index in [1.165, 1.54) is 11.3 Å². The first-order valence-corrected chi connectivity index (χ1v) is 8.18. The second-order valence-corrected chi connectivity index (χ2v) is 6.19. The summed E-state index contributed by atoms with van der Waals surface area (Å²) in [5.74, 6) is 0.212. The molecule has 0 unspecified atom stereocenters. The topological polar surface area (TPSA) is 57.5 Å². The Morgan fingerprint density at radius 2 is 2.00 bits per heavy atom. The third-order valence-electron chi connectivity index (χ3n) is 2.92. The Morgan fingerprint density at radius 3 is 2.77 bits per heavy atom. The smallest absolute Gasteiger partial charge is 0.203 e. The summed E-state index contributed by atoms with van der Waals surface area (Å²) in [6.07, 6.45) is 1.67. The fourth-order valence-corrected chi connectivity index (χ4v) is 2.98. The van der Waals surface area contributed by atoms with Crippen molar-refractivity contribution in [3.63, 3.8) is 0 Å².